The van der Waals surface area contributed by atoms with E-state index in [-0.39, 0.29) is 17.5 Å². The van der Waals surface area contributed by atoms with Crippen molar-refractivity contribution in [3.05, 3.63) is 0 Å². The Morgan fingerprint density at radius 2 is 2.24 bits per heavy atom. The second kappa shape index (κ2) is 7.33. The van der Waals surface area contributed by atoms with Crippen molar-refractivity contribution in [3.8, 4) is 0 Å². The van der Waals surface area contributed by atoms with Crippen molar-refractivity contribution in [2.75, 3.05) is 39.0 Å². The molecular formula is C13H23N3O4S. The minimum atomic E-state index is -0.942. The minimum absolute atomic E-state index is 0.0358. The summed E-state index contributed by atoms with van der Waals surface area (Å²) in [5.74, 6) is -0.494. The summed E-state index contributed by atoms with van der Waals surface area (Å²) >= 11 is 1.52. The lowest BCUT2D eigenvalue weighted by Crippen LogP contribution is -2.53. The number of carbonyl (C=O) groups excluding carboxylic acids is 1. The molecular weight excluding hydrogens is 294 g/mol. The van der Waals surface area contributed by atoms with Gasteiger partial charge in [-0.15, -0.1) is 11.8 Å². The number of hydrogen-bond acceptors (Lipinski definition) is 5. The number of likely N-dealkylation sites (N-methyl/N-ethyl adjacent to an activating group) is 1. The first kappa shape index (κ1) is 16.4. The molecule has 2 amide bonds. The molecule has 2 rings (SSSR count). The molecule has 0 aromatic carbocycles. The van der Waals surface area contributed by atoms with Gasteiger partial charge in [0.25, 0.3) is 0 Å². The first-order valence-corrected chi connectivity index (χ1v) is 8.28. The number of thioether (sulfide) groups is 1. The average Bonchev–Trinajstić information content (AvgIpc) is 2.89. The van der Waals surface area contributed by atoms with Crippen molar-refractivity contribution in [2.24, 2.45) is 0 Å². The van der Waals surface area contributed by atoms with E-state index in [1.165, 1.54) is 16.7 Å². The second-order valence-electron chi connectivity index (χ2n) is 5.40. The lowest BCUT2D eigenvalue weighted by molar-refractivity contribution is -0.141. The van der Waals surface area contributed by atoms with Crippen LogP contribution in [0.5, 0.6) is 0 Å². The van der Waals surface area contributed by atoms with Gasteiger partial charge in [-0.2, -0.15) is 0 Å². The maximum Gasteiger partial charge on any atom is 0.327 e. The molecule has 120 valence electrons. The van der Waals surface area contributed by atoms with Crippen LogP contribution in [0.15, 0.2) is 0 Å². The summed E-state index contributed by atoms with van der Waals surface area (Å²) in [7, 11) is 2.02. The minimum Gasteiger partial charge on any atom is -0.480 e. The fourth-order valence-corrected chi connectivity index (χ4v) is 3.97. The number of urea groups is 1. The van der Waals surface area contributed by atoms with Crippen LogP contribution in [-0.2, 0) is 9.53 Å². The molecule has 21 heavy (non-hydrogen) atoms. The van der Waals surface area contributed by atoms with Crippen LogP contribution in [-0.4, -0.2) is 83.5 Å². The number of nitrogens with one attached hydrogen (secondary N) is 1. The first-order valence-electron chi connectivity index (χ1n) is 7.23. The van der Waals surface area contributed by atoms with Gasteiger partial charge in [-0.1, -0.05) is 6.92 Å². The van der Waals surface area contributed by atoms with Crippen molar-refractivity contribution in [1.82, 2.24) is 15.1 Å². The van der Waals surface area contributed by atoms with Crippen LogP contribution >= 0.6 is 11.8 Å². The predicted octanol–water partition coefficient (Wildman–Crippen LogP) is 0.265. The second-order valence-corrected chi connectivity index (χ2v) is 6.61. The van der Waals surface area contributed by atoms with Gasteiger partial charge in [0.2, 0.25) is 0 Å². The van der Waals surface area contributed by atoms with E-state index in [1.54, 1.807) is 0 Å². The van der Waals surface area contributed by atoms with Crippen LogP contribution in [0.3, 0.4) is 0 Å². The highest BCUT2D eigenvalue weighted by molar-refractivity contribution is 8.00. The highest BCUT2D eigenvalue weighted by Crippen LogP contribution is 2.31. The van der Waals surface area contributed by atoms with Crippen LogP contribution in [0, 0.1) is 0 Å². The Labute approximate surface area is 129 Å². The highest BCUT2D eigenvalue weighted by Gasteiger charge is 2.40. The number of aliphatic carboxylic acids is 1. The van der Waals surface area contributed by atoms with Gasteiger partial charge in [0.1, 0.15) is 6.04 Å². The zero-order chi connectivity index (χ0) is 15.4. The van der Waals surface area contributed by atoms with Gasteiger partial charge in [-0.25, -0.2) is 9.59 Å². The van der Waals surface area contributed by atoms with Crippen molar-refractivity contribution in [2.45, 2.75) is 30.9 Å². The molecule has 0 aromatic rings. The molecule has 7 nitrogen and oxygen atoms in total. The Kier molecular flexibility index (Phi) is 5.72. The van der Waals surface area contributed by atoms with Gasteiger partial charge in [-0.3, -0.25) is 4.90 Å². The Morgan fingerprint density at radius 1 is 1.48 bits per heavy atom. The van der Waals surface area contributed by atoms with E-state index in [2.05, 4.69) is 10.2 Å². The zero-order valence-corrected chi connectivity index (χ0v) is 13.3. The number of carboxylic acids is 1. The van der Waals surface area contributed by atoms with E-state index in [1.807, 2.05) is 14.0 Å². The monoisotopic (exact) mass is 317 g/mol. The molecule has 2 aliphatic heterocycles. The van der Waals surface area contributed by atoms with Gasteiger partial charge in [0.15, 0.2) is 0 Å². The summed E-state index contributed by atoms with van der Waals surface area (Å²) in [4.78, 5) is 27.2. The molecule has 0 bridgehead atoms. The maximum absolute atomic E-state index is 12.3. The van der Waals surface area contributed by atoms with Gasteiger partial charge in [0, 0.05) is 25.4 Å². The molecule has 2 aliphatic rings. The molecule has 0 saturated carbocycles. The van der Waals surface area contributed by atoms with Gasteiger partial charge < -0.3 is 20.1 Å². The van der Waals surface area contributed by atoms with Crippen molar-refractivity contribution in [3.63, 3.8) is 0 Å². The predicted molar refractivity (Wildman–Crippen MR) is 80.4 cm³/mol. The molecule has 0 radical (unpaired) electrons. The van der Waals surface area contributed by atoms with Crippen LogP contribution in [0.1, 0.15) is 13.3 Å². The Hall–Kier alpha value is -0.990. The number of carboxylic acid groups (broad SMARTS) is 1. The lowest BCUT2D eigenvalue weighted by atomic mass is 10.2. The standard InChI is InChI=1S/C13H23N3O4S/c1-3-11-16(10(8-21-11)12(17)18)13(19)14-6-9-7-15(2)4-5-20-9/h9-11H,3-8H2,1-2H3,(H,14,19)(H,17,18). The summed E-state index contributed by atoms with van der Waals surface area (Å²) in [6.07, 6.45) is 0.705. The smallest absolute Gasteiger partial charge is 0.327 e. The van der Waals surface area contributed by atoms with E-state index in [4.69, 9.17) is 4.74 Å². The summed E-state index contributed by atoms with van der Waals surface area (Å²) < 4.78 is 5.59. The zero-order valence-electron chi connectivity index (χ0n) is 12.4. The molecule has 2 N–H and O–H groups in total. The van der Waals surface area contributed by atoms with Crippen LogP contribution in [0.4, 0.5) is 4.79 Å². The molecule has 2 heterocycles. The quantitative estimate of drug-likeness (QED) is 0.774. The molecule has 8 heteroatoms. The van der Waals surface area contributed by atoms with E-state index < -0.39 is 12.0 Å². The summed E-state index contributed by atoms with van der Waals surface area (Å²) in [6, 6.07) is -1.05. The Morgan fingerprint density at radius 3 is 2.86 bits per heavy atom. The molecule has 0 aromatic heterocycles. The SMILES string of the molecule is CCC1SCC(C(=O)O)N1C(=O)NCC1CN(C)CCO1. The fourth-order valence-electron chi connectivity index (χ4n) is 2.62. The molecule has 3 atom stereocenters. The van der Waals surface area contributed by atoms with Crippen LogP contribution < -0.4 is 5.32 Å². The summed E-state index contributed by atoms with van der Waals surface area (Å²) in [5, 5.41) is 12.0. The van der Waals surface area contributed by atoms with Crippen LogP contribution in [0.25, 0.3) is 0 Å². The fraction of sp³-hybridized carbons (Fsp3) is 0.846. The number of ether oxygens (including phenoxy) is 1. The van der Waals surface area contributed by atoms with Crippen molar-refractivity contribution >= 4 is 23.8 Å². The van der Waals surface area contributed by atoms with Gasteiger partial charge in [0.05, 0.1) is 18.1 Å². The molecule has 0 spiro atoms. The number of rotatable bonds is 4. The largest absolute Gasteiger partial charge is 0.480 e. The lowest BCUT2D eigenvalue weighted by Gasteiger charge is -2.32. The topological polar surface area (TPSA) is 82.1 Å². The molecule has 3 unspecified atom stereocenters. The van der Waals surface area contributed by atoms with Crippen LogP contribution in [0.2, 0.25) is 0 Å². The van der Waals surface area contributed by atoms with Crippen molar-refractivity contribution in [1.29, 1.82) is 0 Å². The number of morpholine rings is 1. The van der Waals surface area contributed by atoms with Gasteiger partial charge >= 0.3 is 12.0 Å². The average molecular weight is 317 g/mol. The van der Waals surface area contributed by atoms with E-state index in [0.29, 0.717) is 18.9 Å². The third-order valence-electron chi connectivity index (χ3n) is 3.78. The highest BCUT2D eigenvalue weighted by atomic mass is 32.2. The Balaban J connectivity index is 1.89. The number of hydrogen-bond donors (Lipinski definition) is 2. The van der Waals surface area contributed by atoms with E-state index in [9.17, 15) is 14.7 Å². The summed E-state index contributed by atoms with van der Waals surface area (Å²) in [5.41, 5.74) is 0. The third-order valence-corrected chi connectivity index (χ3v) is 5.24. The molecule has 0 aliphatic carbocycles. The molecule has 2 fully saturated rings. The van der Waals surface area contributed by atoms with Crippen molar-refractivity contribution < 1.29 is 19.4 Å². The maximum atomic E-state index is 12.3. The van der Waals surface area contributed by atoms with Gasteiger partial charge in [-0.05, 0) is 13.5 Å². The normalized spacial score (nSPS) is 30.4. The first-order chi connectivity index (χ1) is 10.0. The summed E-state index contributed by atoms with van der Waals surface area (Å²) in [6.45, 7) is 4.70. The number of carbonyl (C=O) groups is 2. The number of amides is 2. The van der Waals surface area contributed by atoms with E-state index in [0.717, 1.165) is 19.5 Å². The third kappa shape index (κ3) is 4.02. The molecule has 2 saturated heterocycles. The Bertz CT molecular complexity index is 396. The van der Waals surface area contributed by atoms with E-state index >= 15 is 0 Å². The number of nitrogens with zero attached hydrogens (tertiary/aromatic N) is 2.